The van der Waals surface area contributed by atoms with E-state index in [-0.39, 0.29) is 42.3 Å². The van der Waals surface area contributed by atoms with Crippen molar-refractivity contribution in [2.75, 3.05) is 24.6 Å². The van der Waals surface area contributed by atoms with Crippen LogP contribution in [0.2, 0.25) is 0 Å². The quantitative estimate of drug-likeness (QED) is 0.221. The van der Waals surface area contributed by atoms with Gasteiger partial charge in [0.2, 0.25) is 5.91 Å². The molecule has 1 N–H and O–H groups in total. The average Bonchev–Trinajstić information content (AvgIpc) is 2.97. The molecule has 1 amide bonds. The molecular formula is C31H36Cl2N4O3. The molecule has 0 aliphatic carbocycles. The first-order valence-corrected chi connectivity index (χ1v) is 13.4. The lowest BCUT2D eigenvalue weighted by Gasteiger charge is -2.26. The van der Waals surface area contributed by atoms with Gasteiger partial charge in [0, 0.05) is 61.8 Å². The SMILES string of the molecule is Cl.Cl.O=C1CCCCN1c1ccc(OCCCC(NCCn2ccc3ccccc3c2=O)c2ccncc2)cc1. The van der Waals surface area contributed by atoms with Gasteiger partial charge in [0.1, 0.15) is 5.75 Å². The minimum atomic E-state index is 0. The highest BCUT2D eigenvalue weighted by Crippen LogP contribution is 2.24. The van der Waals surface area contributed by atoms with Crippen LogP contribution in [0.25, 0.3) is 10.8 Å². The number of amides is 1. The highest BCUT2D eigenvalue weighted by molar-refractivity contribution is 5.94. The Morgan fingerprint density at radius 1 is 0.925 bits per heavy atom. The van der Waals surface area contributed by atoms with Crippen molar-refractivity contribution in [1.82, 2.24) is 14.9 Å². The van der Waals surface area contributed by atoms with E-state index in [1.54, 1.807) is 4.57 Å². The van der Waals surface area contributed by atoms with Gasteiger partial charge in [-0.1, -0.05) is 18.2 Å². The van der Waals surface area contributed by atoms with Crippen molar-refractivity contribution >= 4 is 47.2 Å². The Labute approximate surface area is 247 Å². The van der Waals surface area contributed by atoms with Gasteiger partial charge in [0.25, 0.3) is 5.56 Å². The first-order chi connectivity index (χ1) is 18.7. The number of anilines is 1. The summed E-state index contributed by atoms with van der Waals surface area (Å²) in [5, 5.41) is 5.33. The van der Waals surface area contributed by atoms with Crippen molar-refractivity contribution in [3.8, 4) is 5.75 Å². The minimum absolute atomic E-state index is 0. The van der Waals surface area contributed by atoms with Crippen molar-refractivity contribution in [2.45, 2.75) is 44.7 Å². The standard InChI is InChI=1S/C31H34N4O3.2ClH/c36-30-9-3-4-20-35(30)26-10-12-27(13-11-26)38-23-5-8-29(25-14-17-32-18-15-25)33-19-22-34-21-16-24-6-1-2-7-28(24)31(34)37;;/h1-2,6-7,10-18,21,29,33H,3-5,8-9,19-20,22-23H2;2*1H. The van der Waals surface area contributed by atoms with Crippen LogP contribution in [-0.4, -0.2) is 35.2 Å². The molecule has 4 aromatic rings. The number of hydrogen-bond donors (Lipinski definition) is 1. The van der Waals surface area contributed by atoms with Crippen LogP contribution < -0.4 is 20.5 Å². The maximum Gasteiger partial charge on any atom is 0.258 e. The molecule has 1 aliphatic heterocycles. The summed E-state index contributed by atoms with van der Waals surface area (Å²) in [4.78, 5) is 31.0. The second-order valence-corrected chi connectivity index (χ2v) is 9.68. The van der Waals surface area contributed by atoms with Gasteiger partial charge in [-0.25, -0.2) is 0 Å². The number of carbonyl (C=O) groups is 1. The summed E-state index contributed by atoms with van der Waals surface area (Å²) in [6.45, 7) is 2.64. The van der Waals surface area contributed by atoms with E-state index in [2.05, 4.69) is 10.3 Å². The Kier molecular flexibility index (Phi) is 12.0. The third-order valence-corrected chi connectivity index (χ3v) is 7.12. The molecule has 9 heteroatoms. The van der Waals surface area contributed by atoms with Gasteiger partial charge in [0.15, 0.2) is 0 Å². The number of fused-ring (bicyclic) bond motifs is 1. The highest BCUT2D eigenvalue weighted by Gasteiger charge is 2.19. The molecule has 1 atom stereocenters. The van der Waals surface area contributed by atoms with Gasteiger partial charge in [-0.15, -0.1) is 24.8 Å². The molecule has 0 spiro atoms. The van der Waals surface area contributed by atoms with Crippen LogP contribution in [0.1, 0.15) is 43.7 Å². The zero-order valence-electron chi connectivity index (χ0n) is 22.4. The number of aromatic nitrogens is 2. The van der Waals surface area contributed by atoms with Crippen molar-refractivity contribution in [1.29, 1.82) is 0 Å². The lowest BCUT2D eigenvalue weighted by molar-refractivity contribution is -0.119. The monoisotopic (exact) mass is 582 g/mol. The Morgan fingerprint density at radius 3 is 2.48 bits per heavy atom. The second kappa shape index (κ2) is 15.4. The molecule has 0 bridgehead atoms. The second-order valence-electron chi connectivity index (χ2n) is 9.68. The van der Waals surface area contributed by atoms with E-state index in [0.717, 1.165) is 54.4 Å². The number of nitrogens with zero attached hydrogens (tertiary/aromatic N) is 3. The molecule has 2 aromatic heterocycles. The molecule has 5 rings (SSSR count). The number of pyridine rings is 2. The smallest absolute Gasteiger partial charge is 0.258 e. The topological polar surface area (TPSA) is 76.5 Å². The average molecular weight is 584 g/mol. The number of nitrogens with one attached hydrogen (secondary N) is 1. The third-order valence-electron chi connectivity index (χ3n) is 7.12. The largest absolute Gasteiger partial charge is 0.494 e. The summed E-state index contributed by atoms with van der Waals surface area (Å²) >= 11 is 0. The highest BCUT2D eigenvalue weighted by atomic mass is 35.5. The molecule has 2 aromatic carbocycles. The van der Waals surface area contributed by atoms with Crippen LogP contribution in [0.4, 0.5) is 5.69 Å². The van der Waals surface area contributed by atoms with Gasteiger partial charge >= 0.3 is 0 Å². The fourth-order valence-electron chi connectivity index (χ4n) is 5.03. The van der Waals surface area contributed by atoms with Crippen molar-refractivity contribution in [3.05, 3.63) is 101 Å². The molecule has 40 heavy (non-hydrogen) atoms. The maximum absolute atomic E-state index is 12.8. The molecule has 7 nitrogen and oxygen atoms in total. The van der Waals surface area contributed by atoms with Crippen LogP contribution in [0.5, 0.6) is 5.75 Å². The zero-order chi connectivity index (χ0) is 26.2. The number of carbonyl (C=O) groups excluding carboxylic acids is 1. The molecule has 0 saturated carbocycles. The van der Waals surface area contributed by atoms with E-state index in [1.807, 2.05) is 90.2 Å². The first-order valence-electron chi connectivity index (χ1n) is 13.4. The van der Waals surface area contributed by atoms with Gasteiger partial charge in [-0.2, -0.15) is 0 Å². The number of hydrogen-bond acceptors (Lipinski definition) is 5. The molecule has 1 aliphatic rings. The van der Waals surface area contributed by atoms with E-state index < -0.39 is 0 Å². The summed E-state index contributed by atoms with van der Waals surface area (Å²) in [7, 11) is 0. The van der Waals surface area contributed by atoms with E-state index in [1.165, 1.54) is 5.56 Å². The number of ether oxygens (including phenoxy) is 1. The normalized spacial score (nSPS) is 13.8. The van der Waals surface area contributed by atoms with Gasteiger partial charge in [0.05, 0.1) is 6.61 Å². The van der Waals surface area contributed by atoms with Gasteiger partial charge < -0.3 is 19.5 Å². The molecule has 1 saturated heterocycles. The number of rotatable bonds is 11. The third kappa shape index (κ3) is 7.84. The van der Waals surface area contributed by atoms with Gasteiger partial charge in [-0.3, -0.25) is 14.6 Å². The summed E-state index contributed by atoms with van der Waals surface area (Å²) in [6, 6.07) is 21.7. The van der Waals surface area contributed by atoms with Crippen LogP contribution in [0, 0.1) is 0 Å². The summed E-state index contributed by atoms with van der Waals surface area (Å²) in [5.74, 6) is 1.01. The lowest BCUT2D eigenvalue weighted by Crippen LogP contribution is -2.35. The number of benzene rings is 2. The Hall–Kier alpha value is -3.39. The van der Waals surface area contributed by atoms with Crippen molar-refractivity contribution in [3.63, 3.8) is 0 Å². The summed E-state index contributed by atoms with van der Waals surface area (Å²) < 4.78 is 7.77. The predicted molar refractivity (Wildman–Crippen MR) is 165 cm³/mol. The molecule has 1 unspecified atom stereocenters. The number of piperidine rings is 1. The van der Waals surface area contributed by atoms with E-state index >= 15 is 0 Å². The van der Waals surface area contributed by atoms with Crippen LogP contribution in [0.3, 0.4) is 0 Å². The van der Waals surface area contributed by atoms with E-state index in [9.17, 15) is 9.59 Å². The predicted octanol–water partition coefficient (Wildman–Crippen LogP) is 5.95. The van der Waals surface area contributed by atoms with Crippen LogP contribution in [-0.2, 0) is 11.3 Å². The molecule has 212 valence electrons. The minimum Gasteiger partial charge on any atom is -0.494 e. The van der Waals surface area contributed by atoms with Crippen molar-refractivity contribution < 1.29 is 9.53 Å². The molecule has 1 fully saturated rings. The van der Waals surface area contributed by atoms with Gasteiger partial charge in [-0.05, 0) is 85.2 Å². The Bertz CT molecular complexity index is 1410. The molecule has 3 heterocycles. The summed E-state index contributed by atoms with van der Waals surface area (Å²) in [5.41, 5.74) is 2.14. The van der Waals surface area contributed by atoms with Crippen molar-refractivity contribution in [2.24, 2.45) is 0 Å². The molecule has 0 radical (unpaired) electrons. The first kappa shape index (κ1) is 31.1. The fourth-order valence-corrected chi connectivity index (χ4v) is 5.03. The fraction of sp³-hybridized carbons (Fsp3) is 0.323. The lowest BCUT2D eigenvalue weighted by atomic mass is 10.0. The summed E-state index contributed by atoms with van der Waals surface area (Å²) in [6.07, 6.45) is 9.90. The van der Waals surface area contributed by atoms with E-state index in [0.29, 0.717) is 26.1 Å². The number of halogens is 2. The Balaban J connectivity index is 0.00000220. The Morgan fingerprint density at radius 2 is 1.70 bits per heavy atom. The zero-order valence-corrected chi connectivity index (χ0v) is 24.0. The van der Waals surface area contributed by atoms with Crippen LogP contribution in [0.15, 0.2) is 90.1 Å². The van der Waals surface area contributed by atoms with E-state index in [4.69, 9.17) is 4.74 Å². The van der Waals surface area contributed by atoms with Crippen LogP contribution >= 0.6 is 24.8 Å². The molecular weight excluding hydrogens is 547 g/mol. The maximum atomic E-state index is 12.8.